The van der Waals surface area contributed by atoms with Gasteiger partial charge in [0.15, 0.2) is 4.34 Å². The maximum absolute atomic E-state index is 12.0. The van der Waals surface area contributed by atoms with Gasteiger partial charge in [0, 0.05) is 18.3 Å². The zero-order valence-electron chi connectivity index (χ0n) is 14.0. The second-order valence-electron chi connectivity index (χ2n) is 5.68. The summed E-state index contributed by atoms with van der Waals surface area (Å²) in [6, 6.07) is 0.146. The summed E-state index contributed by atoms with van der Waals surface area (Å²) >= 11 is 3.13. The molecule has 0 aromatic carbocycles. The molecule has 2 rings (SSSR count). The molecule has 0 bridgehead atoms. The Morgan fingerprint density at radius 1 is 1.26 bits per heavy atom. The molecule has 1 aliphatic carbocycles. The van der Waals surface area contributed by atoms with Crippen LogP contribution in [-0.2, 0) is 0 Å². The lowest BCUT2D eigenvalue weighted by Gasteiger charge is -2.22. The first-order valence-corrected chi connectivity index (χ1v) is 10.3. The molecule has 1 aromatic rings. The highest BCUT2D eigenvalue weighted by Gasteiger charge is 2.16. The van der Waals surface area contributed by atoms with Crippen molar-refractivity contribution < 1.29 is 4.79 Å². The smallest absolute Gasteiger partial charge is 0.321 e. The first kappa shape index (κ1) is 18.5. The number of urea groups is 1. The number of rotatable bonds is 8. The van der Waals surface area contributed by atoms with Crippen LogP contribution in [0.1, 0.15) is 46.0 Å². The highest BCUT2D eigenvalue weighted by atomic mass is 32.2. The van der Waals surface area contributed by atoms with E-state index in [9.17, 15) is 4.79 Å². The van der Waals surface area contributed by atoms with Crippen LogP contribution in [0.25, 0.3) is 0 Å². The Kier molecular flexibility index (Phi) is 8.11. The number of hydrogen-bond acceptors (Lipinski definition) is 6. The molecule has 1 saturated carbocycles. The molecule has 0 aliphatic heterocycles. The first-order valence-electron chi connectivity index (χ1n) is 8.47. The third-order valence-electron chi connectivity index (χ3n) is 4.09. The standard InChI is InChI=1S/C15H27N5OS2/c1-3-20(4-2)10-11-22-15-19-18-14(23-15)17-13(21)16-12-8-6-5-7-9-12/h12H,3-11H2,1-2H3,(H2,16,17,18,21). The number of carbonyl (C=O) groups excluding carboxylic acids is 1. The molecule has 0 atom stereocenters. The Hall–Kier alpha value is -0.860. The van der Waals surface area contributed by atoms with Gasteiger partial charge in [-0.1, -0.05) is 56.2 Å². The number of aromatic nitrogens is 2. The van der Waals surface area contributed by atoms with Crippen molar-refractivity contribution in [2.75, 3.05) is 30.7 Å². The van der Waals surface area contributed by atoms with Crippen LogP contribution in [0.4, 0.5) is 9.93 Å². The quantitative estimate of drug-likeness (QED) is 0.551. The van der Waals surface area contributed by atoms with E-state index in [4.69, 9.17) is 0 Å². The van der Waals surface area contributed by atoms with Crippen LogP contribution in [0.5, 0.6) is 0 Å². The summed E-state index contributed by atoms with van der Waals surface area (Å²) in [5.41, 5.74) is 0. The van der Waals surface area contributed by atoms with Crippen LogP contribution in [0.15, 0.2) is 4.34 Å². The first-order chi connectivity index (χ1) is 11.2. The Morgan fingerprint density at radius 2 is 2.00 bits per heavy atom. The maximum Gasteiger partial charge on any atom is 0.321 e. The molecule has 1 aliphatic rings. The molecular weight excluding hydrogens is 330 g/mol. The monoisotopic (exact) mass is 357 g/mol. The highest BCUT2D eigenvalue weighted by molar-refractivity contribution is 8.01. The van der Waals surface area contributed by atoms with Gasteiger partial charge in [0.2, 0.25) is 5.13 Å². The van der Waals surface area contributed by atoms with Gasteiger partial charge < -0.3 is 10.2 Å². The second kappa shape index (κ2) is 10.1. The van der Waals surface area contributed by atoms with Crippen LogP contribution in [0, 0.1) is 0 Å². The van der Waals surface area contributed by atoms with Crippen molar-refractivity contribution in [3.63, 3.8) is 0 Å². The lowest BCUT2D eigenvalue weighted by atomic mass is 9.96. The maximum atomic E-state index is 12.0. The van der Waals surface area contributed by atoms with E-state index in [0.29, 0.717) is 11.2 Å². The third-order valence-corrected chi connectivity index (χ3v) is 6.05. The van der Waals surface area contributed by atoms with Crippen LogP contribution in [0.2, 0.25) is 0 Å². The van der Waals surface area contributed by atoms with E-state index >= 15 is 0 Å². The molecule has 8 heteroatoms. The molecule has 1 heterocycles. The van der Waals surface area contributed by atoms with Crippen LogP contribution >= 0.6 is 23.1 Å². The number of hydrogen-bond donors (Lipinski definition) is 2. The number of anilines is 1. The second-order valence-corrected chi connectivity index (χ2v) is 8.00. The number of thioether (sulfide) groups is 1. The highest BCUT2D eigenvalue weighted by Crippen LogP contribution is 2.25. The summed E-state index contributed by atoms with van der Waals surface area (Å²) in [4.78, 5) is 14.4. The Balaban J connectivity index is 1.70. The molecular formula is C15H27N5OS2. The molecule has 0 unspecified atom stereocenters. The number of nitrogens with zero attached hydrogens (tertiary/aromatic N) is 3. The van der Waals surface area contributed by atoms with Crippen LogP contribution in [-0.4, -0.2) is 52.6 Å². The molecule has 1 aromatic heterocycles. The lowest BCUT2D eigenvalue weighted by Crippen LogP contribution is -2.38. The van der Waals surface area contributed by atoms with E-state index in [2.05, 4.69) is 39.6 Å². The summed E-state index contributed by atoms with van der Waals surface area (Å²) < 4.78 is 0.908. The Morgan fingerprint density at radius 3 is 2.70 bits per heavy atom. The van der Waals surface area contributed by atoms with Crippen LogP contribution in [0.3, 0.4) is 0 Å². The average Bonchev–Trinajstić information content (AvgIpc) is 2.99. The number of carbonyl (C=O) groups is 1. The van der Waals surface area contributed by atoms with Gasteiger partial charge in [0.1, 0.15) is 0 Å². The SMILES string of the molecule is CCN(CC)CCSc1nnc(NC(=O)NC2CCCCC2)s1. The molecule has 1 fully saturated rings. The van der Waals surface area contributed by atoms with Gasteiger partial charge >= 0.3 is 6.03 Å². The van der Waals surface area contributed by atoms with Crippen molar-refractivity contribution >= 4 is 34.3 Å². The van der Waals surface area contributed by atoms with Gasteiger partial charge in [-0.25, -0.2) is 4.79 Å². The van der Waals surface area contributed by atoms with Crippen molar-refractivity contribution in [1.82, 2.24) is 20.4 Å². The fourth-order valence-electron chi connectivity index (χ4n) is 2.69. The molecule has 23 heavy (non-hydrogen) atoms. The molecule has 0 spiro atoms. The van der Waals surface area contributed by atoms with Crippen LogP contribution < -0.4 is 10.6 Å². The summed E-state index contributed by atoms with van der Waals surface area (Å²) in [5.74, 6) is 0.991. The normalized spacial score (nSPS) is 15.8. The summed E-state index contributed by atoms with van der Waals surface area (Å²) in [6.45, 7) is 7.53. The molecule has 0 saturated heterocycles. The third kappa shape index (κ3) is 6.64. The van der Waals surface area contributed by atoms with E-state index in [1.807, 2.05) is 0 Å². The van der Waals surface area contributed by atoms with Gasteiger partial charge in [0.25, 0.3) is 0 Å². The largest absolute Gasteiger partial charge is 0.335 e. The van der Waals surface area contributed by atoms with E-state index in [0.717, 1.165) is 42.6 Å². The zero-order chi connectivity index (χ0) is 16.5. The van der Waals surface area contributed by atoms with Gasteiger partial charge in [-0.3, -0.25) is 5.32 Å². The van der Waals surface area contributed by atoms with Crippen molar-refractivity contribution in [1.29, 1.82) is 0 Å². The fraction of sp³-hybridized carbons (Fsp3) is 0.800. The minimum atomic E-state index is -0.159. The van der Waals surface area contributed by atoms with E-state index in [1.165, 1.54) is 30.6 Å². The Labute approximate surface area is 146 Å². The molecule has 130 valence electrons. The minimum Gasteiger partial charge on any atom is -0.335 e. The van der Waals surface area contributed by atoms with Crippen molar-refractivity contribution in [3.8, 4) is 0 Å². The molecule has 6 nitrogen and oxygen atoms in total. The minimum absolute atomic E-state index is 0.159. The molecule has 0 radical (unpaired) electrons. The lowest BCUT2D eigenvalue weighted by molar-refractivity contribution is 0.244. The topological polar surface area (TPSA) is 70.2 Å². The van der Waals surface area contributed by atoms with E-state index in [-0.39, 0.29) is 6.03 Å². The number of amides is 2. The summed E-state index contributed by atoms with van der Waals surface area (Å²) in [7, 11) is 0. The van der Waals surface area contributed by atoms with Crippen molar-refractivity contribution in [2.45, 2.75) is 56.3 Å². The van der Waals surface area contributed by atoms with E-state index in [1.54, 1.807) is 11.8 Å². The van der Waals surface area contributed by atoms with Gasteiger partial charge in [-0.2, -0.15) is 0 Å². The summed E-state index contributed by atoms with van der Waals surface area (Å²) in [5, 5.41) is 14.6. The Bertz CT molecular complexity index is 472. The van der Waals surface area contributed by atoms with E-state index < -0.39 is 0 Å². The predicted molar refractivity (Wildman–Crippen MR) is 97.4 cm³/mol. The van der Waals surface area contributed by atoms with Gasteiger partial charge in [0.05, 0.1) is 0 Å². The molecule has 2 N–H and O–H groups in total. The zero-order valence-corrected chi connectivity index (χ0v) is 15.6. The molecule has 2 amide bonds. The van der Waals surface area contributed by atoms with Crippen molar-refractivity contribution in [2.24, 2.45) is 0 Å². The fourth-order valence-corrected chi connectivity index (χ4v) is 4.50. The number of nitrogens with one attached hydrogen (secondary N) is 2. The van der Waals surface area contributed by atoms with Gasteiger partial charge in [-0.05, 0) is 25.9 Å². The van der Waals surface area contributed by atoms with Crippen molar-refractivity contribution in [3.05, 3.63) is 0 Å². The predicted octanol–water partition coefficient (Wildman–Crippen LogP) is 3.43. The van der Waals surface area contributed by atoms with Gasteiger partial charge in [-0.15, -0.1) is 10.2 Å². The average molecular weight is 358 g/mol. The summed E-state index contributed by atoms with van der Waals surface area (Å²) in [6.07, 6.45) is 5.85.